The molecule has 3 fully saturated rings. The molecule has 2 aliphatic heterocycles. The highest BCUT2D eigenvalue weighted by molar-refractivity contribution is 6.01. The van der Waals surface area contributed by atoms with Gasteiger partial charge < -0.3 is 15.5 Å². The normalized spacial score (nSPS) is 18.9. The number of fused-ring (bicyclic) bond motifs is 1. The van der Waals surface area contributed by atoms with Crippen molar-refractivity contribution in [3.8, 4) is 0 Å². The Bertz CT molecular complexity index is 1950. The average molecular weight is 656 g/mol. The molecule has 1 unspecified atom stereocenters. The molecule has 2 saturated heterocycles. The number of imide groups is 1. The molecule has 250 valence electrons. The molecule has 1 atom stereocenters. The number of anilines is 5. The predicted molar refractivity (Wildman–Crippen MR) is 191 cm³/mol. The van der Waals surface area contributed by atoms with Crippen LogP contribution in [0.15, 0.2) is 85.1 Å². The van der Waals surface area contributed by atoms with Crippen molar-refractivity contribution in [1.29, 1.82) is 0 Å². The van der Waals surface area contributed by atoms with Crippen molar-refractivity contribution in [2.24, 2.45) is 0 Å². The maximum absolute atomic E-state index is 12.6. The molecule has 3 N–H and O–H groups in total. The standard InChI is InChI=1S/C38H41N9O2/c48-34-19-18-32(36(49)43-34)31-13-7-4-8-26(31)25-45-20-22-46(23-21-45)29-16-14-28(15-17-29)40-37-39-24-33-35(44-37)47(30-11-5-6-12-30)38(42-33)41-27-9-2-1-3-10-27/h1-4,7-10,13-17,24,30,32H,5-6,11-12,18-23,25H2,(H,41,42)(H,39,40,44)(H,43,48,49). The maximum Gasteiger partial charge on any atom is 0.234 e. The quantitative estimate of drug-likeness (QED) is 0.158. The van der Waals surface area contributed by atoms with Crippen LogP contribution in [-0.4, -0.2) is 62.4 Å². The summed E-state index contributed by atoms with van der Waals surface area (Å²) >= 11 is 0. The summed E-state index contributed by atoms with van der Waals surface area (Å²) in [6.07, 6.45) is 7.43. The van der Waals surface area contributed by atoms with Gasteiger partial charge in [0.1, 0.15) is 5.52 Å². The van der Waals surface area contributed by atoms with Gasteiger partial charge in [0.2, 0.25) is 23.7 Å². The second kappa shape index (κ2) is 13.7. The van der Waals surface area contributed by atoms with Crippen molar-refractivity contribution in [2.45, 2.75) is 57.0 Å². The molecular formula is C38H41N9O2. The third-order valence-corrected chi connectivity index (χ3v) is 10.1. The van der Waals surface area contributed by atoms with Crippen molar-refractivity contribution in [3.05, 3.63) is 96.2 Å². The zero-order chi connectivity index (χ0) is 33.2. The van der Waals surface area contributed by atoms with E-state index in [1.807, 2.05) is 54.7 Å². The summed E-state index contributed by atoms with van der Waals surface area (Å²) < 4.78 is 2.26. The van der Waals surface area contributed by atoms with Crippen molar-refractivity contribution in [2.75, 3.05) is 41.7 Å². The Hall–Kier alpha value is -5.29. The second-order valence-corrected chi connectivity index (χ2v) is 13.3. The van der Waals surface area contributed by atoms with Crippen LogP contribution in [0.5, 0.6) is 0 Å². The van der Waals surface area contributed by atoms with Gasteiger partial charge in [-0.15, -0.1) is 0 Å². The monoisotopic (exact) mass is 655 g/mol. The van der Waals surface area contributed by atoms with Crippen LogP contribution in [0.3, 0.4) is 0 Å². The Morgan fingerprint density at radius 2 is 1.51 bits per heavy atom. The second-order valence-electron chi connectivity index (χ2n) is 13.3. The first-order chi connectivity index (χ1) is 24.1. The van der Waals surface area contributed by atoms with Gasteiger partial charge >= 0.3 is 0 Å². The Balaban J connectivity index is 0.916. The molecule has 3 aliphatic rings. The fourth-order valence-electron chi connectivity index (χ4n) is 7.50. The first-order valence-corrected chi connectivity index (χ1v) is 17.4. The summed E-state index contributed by atoms with van der Waals surface area (Å²) in [4.78, 5) is 43.6. The van der Waals surface area contributed by atoms with Gasteiger partial charge in [-0.2, -0.15) is 4.98 Å². The number of aromatic nitrogens is 4. The largest absolute Gasteiger partial charge is 0.369 e. The molecule has 5 aromatic rings. The molecular weight excluding hydrogens is 614 g/mol. The van der Waals surface area contributed by atoms with Gasteiger partial charge in [0, 0.05) is 62.2 Å². The molecule has 11 nitrogen and oxygen atoms in total. The third kappa shape index (κ3) is 6.71. The van der Waals surface area contributed by atoms with E-state index < -0.39 is 0 Å². The third-order valence-electron chi connectivity index (χ3n) is 10.1. The van der Waals surface area contributed by atoms with Gasteiger partial charge in [-0.3, -0.25) is 24.4 Å². The van der Waals surface area contributed by atoms with E-state index in [1.165, 1.54) is 18.5 Å². The molecule has 3 aromatic carbocycles. The number of amides is 2. The predicted octanol–water partition coefficient (Wildman–Crippen LogP) is 6.27. The van der Waals surface area contributed by atoms with Gasteiger partial charge in [0.15, 0.2) is 5.65 Å². The van der Waals surface area contributed by atoms with E-state index in [9.17, 15) is 9.59 Å². The lowest BCUT2D eigenvalue weighted by atomic mass is 9.87. The van der Waals surface area contributed by atoms with Gasteiger partial charge in [-0.25, -0.2) is 9.97 Å². The number of carbonyl (C=O) groups excluding carboxylic acids is 2. The Morgan fingerprint density at radius 1 is 0.776 bits per heavy atom. The van der Waals surface area contributed by atoms with E-state index in [2.05, 4.69) is 65.6 Å². The molecule has 8 rings (SSSR count). The molecule has 0 bridgehead atoms. The summed E-state index contributed by atoms with van der Waals surface area (Å²) in [5.41, 5.74) is 6.94. The van der Waals surface area contributed by atoms with Crippen LogP contribution in [0.2, 0.25) is 0 Å². The van der Waals surface area contributed by atoms with E-state index >= 15 is 0 Å². The molecule has 0 radical (unpaired) electrons. The average Bonchev–Trinajstić information content (AvgIpc) is 3.78. The topological polar surface area (TPSA) is 120 Å². The van der Waals surface area contributed by atoms with Crippen molar-refractivity contribution in [1.82, 2.24) is 29.7 Å². The molecule has 1 aliphatic carbocycles. The van der Waals surface area contributed by atoms with Crippen LogP contribution >= 0.6 is 0 Å². The SMILES string of the molecule is O=C1CCC(c2ccccc2CN2CCN(c3ccc(Nc4ncc5nc(Nc6ccccc6)n(C6CCCC6)c5n4)cc3)CC2)C(=O)N1. The highest BCUT2D eigenvalue weighted by Gasteiger charge is 2.30. The maximum atomic E-state index is 12.6. The number of imidazole rings is 1. The highest BCUT2D eigenvalue weighted by Crippen LogP contribution is 2.36. The number of rotatable bonds is 9. The number of hydrogen-bond acceptors (Lipinski definition) is 9. The van der Waals surface area contributed by atoms with E-state index in [0.717, 1.165) is 85.2 Å². The molecule has 2 amide bonds. The smallest absolute Gasteiger partial charge is 0.234 e. The summed E-state index contributed by atoms with van der Waals surface area (Å²) in [5.74, 6) is 0.736. The van der Waals surface area contributed by atoms with E-state index in [4.69, 9.17) is 9.97 Å². The fraction of sp³-hybridized carbons (Fsp3) is 0.342. The number of piperazine rings is 1. The molecule has 11 heteroatoms. The number of carbonyl (C=O) groups is 2. The minimum Gasteiger partial charge on any atom is -0.369 e. The zero-order valence-electron chi connectivity index (χ0n) is 27.5. The van der Waals surface area contributed by atoms with Crippen molar-refractivity contribution in [3.63, 3.8) is 0 Å². The number of nitrogens with zero attached hydrogens (tertiary/aromatic N) is 6. The number of benzene rings is 3. The summed E-state index contributed by atoms with van der Waals surface area (Å²) in [6.45, 7) is 4.47. The van der Waals surface area contributed by atoms with Crippen LogP contribution in [0, 0.1) is 0 Å². The number of hydrogen-bond donors (Lipinski definition) is 3. The van der Waals surface area contributed by atoms with Crippen LogP contribution < -0.4 is 20.9 Å². The molecule has 49 heavy (non-hydrogen) atoms. The van der Waals surface area contributed by atoms with Gasteiger partial charge in [-0.05, 0) is 66.8 Å². The van der Waals surface area contributed by atoms with Crippen LogP contribution in [-0.2, 0) is 16.1 Å². The van der Waals surface area contributed by atoms with Gasteiger partial charge in [0.05, 0.1) is 12.1 Å². The van der Waals surface area contributed by atoms with E-state index in [0.29, 0.717) is 24.8 Å². The minimum absolute atomic E-state index is 0.178. The minimum atomic E-state index is -0.266. The van der Waals surface area contributed by atoms with E-state index in [-0.39, 0.29) is 17.7 Å². The van der Waals surface area contributed by atoms with Crippen LogP contribution in [0.25, 0.3) is 11.2 Å². The molecule has 1 saturated carbocycles. The lowest BCUT2D eigenvalue weighted by Gasteiger charge is -2.36. The molecule has 4 heterocycles. The summed E-state index contributed by atoms with van der Waals surface area (Å²) in [5, 5.41) is 9.44. The van der Waals surface area contributed by atoms with Gasteiger partial charge in [0.25, 0.3) is 0 Å². The molecule has 2 aromatic heterocycles. The Labute approximate surface area is 285 Å². The number of piperidine rings is 1. The summed E-state index contributed by atoms with van der Waals surface area (Å²) in [7, 11) is 0. The lowest BCUT2D eigenvalue weighted by molar-refractivity contribution is -0.134. The van der Waals surface area contributed by atoms with Crippen LogP contribution in [0.4, 0.5) is 29.0 Å². The van der Waals surface area contributed by atoms with Crippen molar-refractivity contribution >= 4 is 51.9 Å². The first-order valence-electron chi connectivity index (χ1n) is 17.4. The summed E-state index contributed by atoms with van der Waals surface area (Å²) in [6, 6.07) is 27.1. The van der Waals surface area contributed by atoms with Crippen LogP contribution in [0.1, 0.15) is 61.6 Å². The van der Waals surface area contributed by atoms with E-state index in [1.54, 1.807) is 0 Å². The van der Waals surface area contributed by atoms with Crippen molar-refractivity contribution < 1.29 is 9.59 Å². The van der Waals surface area contributed by atoms with Gasteiger partial charge in [-0.1, -0.05) is 55.3 Å². The zero-order valence-corrected chi connectivity index (χ0v) is 27.5. The number of nitrogens with one attached hydrogen (secondary N) is 3. The first kappa shape index (κ1) is 31.0. The Morgan fingerprint density at radius 3 is 2.29 bits per heavy atom. The molecule has 0 spiro atoms. The Kier molecular flexibility index (Phi) is 8.65. The number of para-hydroxylation sites is 1. The highest BCUT2D eigenvalue weighted by atomic mass is 16.2. The fourth-order valence-corrected chi connectivity index (χ4v) is 7.50. The lowest BCUT2D eigenvalue weighted by Crippen LogP contribution is -2.46.